The molecule has 0 radical (unpaired) electrons. The molecular weight excluding hydrogens is 358 g/mol. The fraction of sp³-hybridized carbons (Fsp3) is 1.00. The van der Waals surface area contributed by atoms with Crippen molar-refractivity contribution in [3.05, 3.63) is 0 Å². The molecule has 5 atom stereocenters. The Morgan fingerprint density at radius 3 is 2.00 bits per heavy atom. The first-order valence-corrected chi connectivity index (χ1v) is 9.37. The van der Waals surface area contributed by atoms with Crippen molar-refractivity contribution in [2.75, 3.05) is 0 Å². The van der Waals surface area contributed by atoms with E-state index in [1.165, 1.54) is 0 Å². The van der Waals surface area contributed by atoms with Gasteiger partial charge in [-0.25, -0.2) is 12.6 Å². The largest absolute Gasteiger partial charge is 0.498 e. The van der Waals surface area contributed by atoms with Crippen LogP contribution in [0.25, 0.3) is 0 Å². The average Bonchev–Trinajstić information content (AvgIpc) is 2.94. The Bertz CT molecular complexity index is 553. The van der Waals surface area contributed by atoms with Crippen LogP contribution in [0.5, 0.6) is 0 Å². The lowest BCUT2D eigenvalue weighted by atomic mass is 9.87. The molecule has 0 saturated heterocycles. The smallest absolute Gasteiger partial charge is 0.249 e. The highest BCUT2D eigenvalue weighted by atomic mass is 32.3. The molecule has 5 unspecified atom stereocenters. The zero-order valence-corrected chi connectivity index (χ0v) is 12.8. The van der Waals surface area contributed by atoms with E-state index in [4.69, 9.17) is 0 Å². The van der Waals surface area contributed by atoms with Crippen molar-refractivity contribution in [2.45, 2.75) is 47.7 Å². The fourth-order valence-electron chi connectivity index (χ4n) is 3.54. The van der Waals surface area contributed by atoms with E-state index in [-0.39, 0.29) is 11.8 Å². The third kappa shape index (κ3) is 3.29. The molecule has 0 heterocycles. The predicted molar refractivity (Wildman–Crippen MR) is 66.5 cm³/mol. The number of hydrogen-bond donors (Lipinski definition) is 0. The van der Waals surface area contributed by atoms with Crippen molar-refractivity contribution < 1.29 is 39.0 Å². The van der Waals surface area contributed by atoms with E-state index in [1.807, 2.05) is 0 Å². The normalized spacial score (nSPS) is 32.2. The highest BCUT2D eigenvalue weighted by molar-refractivity contribution is 8.07. The first-order chi connectivity index (χ1) is 9.84. The van der Waals surface area contributed by atoms with Crippen LogP contribution in [0.15, 0.2) is 0 Å². The Labute approximate surface area is 125 Å². The summed E-state index contributed by atoms with van der Waals surface area (Å²) in [5, 5.41) is 0. The van der Waals surface area contributed by atoms with Crippen molar-refractivity contribution in [1.29, 1.82) is 0 Å². The predicted octanol–water partition coefficient (Wildman–Crippen LogP) is 3.34. The van der Waals surface area contributed by atoms with Crippen molar-refractivity contribution in [2.24, 2.45) is 17.8 Å². The molecule has 0 aromatic heterocycles. The lowest BCUT2D eigenvalue weighted by Gasteiger charge is -2.27. The van der Waals surface area contributed by atoms with Gasteiger partial charge in [-0.15, -0.1) is 0 Å². The van der Waals surface area contributed by atoms with Gasteiger partial charge in [0.15, 0.2) is 4.58 Å². The number of hydrogen-bond acceptors (Lipinski definition) is 3. The second kappa shape index (κ2) is 5.64. The van der Waals surface area contributed by atoms with Gasteiger partial charge in [0.05, 0.1) is 0 Å². The Morgan fingerprint density at radius 2 is 1.64 bits per heavy atom. The van der Waals surface area contributed by atoms with Crippen LogP contribution in [0, 0.1) is 17.8 Å². The molecule has 0 aliphatic heterocycles. The first kappa shape index (κ1) is 18.0. The summed E-state index contributed by atoms with van der Waals surface area (Å²) in [4.78, 5) is 0. The van der Waals surface area contributed by atoms with Gasteiger partial charge in [-0.2, -0.15) is 26.3 Å². The van der Waals surface area contributed by atoms with Crippen LogP contribution < -0.4 is 0 Å². The third-order valence-electron chi connectivity index (χ3n) is 4.52. The number of fused-ring (bicyclic) bond motifs is 2. The second-order valence-corrected chi connectivity index (χ2v) is 9.88. The zero-order valence-electron chi connectivity index (χ0n) is 11.2. The maximum Gasteiger partial charge on any atom is 0.498 e. The zero-order chi connectivity index (χ0) is 16.9. The molecule has 2 saturated carbocycles. The Kier molecular flexibility index (Phi) is 4.62. The summed E-state index contributed by atoms with van der Waals surface area (Å²) in [6.07, 6.45) is 1.79. The van der Waals surface area contributed by atoms with E-state index in [0.29, 0.717) is 19.3 Å². The number of rotatable bonds is 4. The van der Waals surface area contributed by atoms with Gasteiger partial charge in [0, 0.05) is 0 Å². The maximum absolute atomic E-state index is 12.6. The molecule has 2 fully saturated rings. The molecule has 22 heavy (non-hydrogen) atoms. The van der Waals surface area contributed by atoms with Crippen LogP contribution in [-0.4, -0.2) is 28.2 Å². The summed E-state index contributed by atoms with van der Waals surface area (Å²) in [5.41, 5.74) is -11.4. The van der Waals surface area contributed by atoms with E-state index in [2.05, 4.69) is 0 Å². The standard InChI is InChI=1S/C11H14F6O3S2/c12-10(13,14)21(18)9(22(19,20)11(15,16)17)5-8-4-6-1-2-7(8)3-6/h6-9H,1-5H2. The number of alkyl halides is 6. The molecule has 0 amide bonds. The molecule has 11 heteroatoms. The van der Waals surface area contributed by atoms with Gasteiger partial charge in [-0.05, 0) is 43.4 Å². The second-order valence-electron chi connectivity index (χ2n) is 5.83. The van der Waals surface area contributed by atoms with Crippen LogP contribution in [0.1, 0.15) is 32.1 Å². The lowest BCUT2D eigenvalue weighted by Crippen LogP contribution is -2.42. The molecule has 130 valence electrons. The summed E-state index contributed by atoms with van der Waals surface area (Å²) in [5.74, 6) is -0.392. The summed E-state index contributed by atoms with van der Waals surface area (Å²) in [6, 6.07) is 0. The maximum atomic E-state index is 12.6. The number of sulfone groups is 1. The van der Waals surface area contributed by atoms with E-state index >= 15 is 0 Å². The van der Waals surface area contributed by atoms with Crippen LogP contribution in [0.4, 0.5) is 26.3 Å². The Morgan fingerprint density at radius 1 is 1.05 bits per heavy atom. The quantitative estimate of drug-likeness (QED) is 0.712. The molecule has 0 aromatic rings. The van der Waals surface area contributed by atoms with E-state index in [0.717, 1.165) is 6.42 Å². The molecule has 2 bridgehead atoms. The molecule has 0 aromatic carbocycles. The van der Waals surface area contributed by atoms with Gasteiger partial charge >= 0.3 is 11.0 Å². The highest BCUT2D eigenvalue weighted by Crippen LogP contribution is 2.51. The third-order valence-corrected chi connectivity index (χ3v) is 8.46. The first-order valence-electron chi connectivity index (χ1n) is 6.61. The van der Waals surface area contributed by atoms with Crippen LogP contribution in [0.2, 0.25) is 0 Å². The monoisotopic (exact) mass is 372 g/mol. The van der Waals surface area contributed by atoms with Crippen molar-refractivity contribution in [1.82, 2.24) is 0 Å². The fourth-order valence-corrected chi connectivity index (χ4v) is 6.63. The van der Waals surface area contributed by atoms with Gasteiger partial charge in [-0.3, -0.25) is 0 Å². The Balaban J connectivity index is 2.29. The molecule has 2 aliphatic rings. The van der Waals surface area contributed by atoms with Gasteiger partial charge in [0.1, 0.15) is 10.8 Å². The summed E-state index contributed by atoms with van der Waals surface area (Å²) in [6.45, 7) is 0. The molecular formula is C11H14F6O3S2. The highest BCUT2D eigenvalue weighted by Gasteiger charge is 2.59. The van der Waals surface area contributed by atoms with Gasteiger partial charge in [-0.1, -0.05) is 6.42 Å². The molecule has 2 rings (SSSR count). The molecule has 0 N–H and O–H groups in total. The minimum atomic E-state index is -6.15. The van der Waals surface area contributed by atoms with Crippen molar-refractivity contribution in [3.63, 3.8) is 0 Å². The lowest BCUT2D eigenvalue weighted by molar-refractivity contribution is -0.0454. The number of halogens is 6. The van der Waals surface area contributed by atoms with E-state index in [1.54, 1.807) is 0 Å². The molecule has 3 nitrogen and oxygen atoms in total. The molecule has 0 spiro atoms. The van der Waals surface area contributed by atoms with E-state index in [9.17, 15) is 39.0 Å². The van der Waals surface area contributed by atoms with Gasteiger partial charge < -0.3 is 0 Å². The summed E-state index contributed by atoms with van der Waals surface area (Å²) < 4.78 is 107. The Hall–Kier alpha value is -0.320. The minimum absolute atomic E-state index is 0.0684. The van der Waals surface area contributed by atoms with E-state index < -0.39 is 48.6 Å². The van der Waals surface area contributed by atoms with Crippen molar-refractivity contribution in [3.8, 4) is 0 Å². The van der Waals surface area contributed by atoms with Crippen molar-refractivity contribution >= 4 is 20.6 Å². The topological polar surface area (TPSA) is 51.2 Å². The summed E-state index contributed by atoms with van der Waals surface area (Å²) in [7, 11) is -10.2. The average molecular weight is 372 g/mol. The summed E-state index contributed by atoms with van der Waals surface area (Å²) >= 11 is 0. The minimum Gasteiger partial charge on any atom is -0.249 e. The van der Waals surface area contributed by atoms with Gasteiger partial charge in [0.2, 0.25) is 0 Å². The van der Waals surface area contributed by atoms with Crippen LogP contribution in [-0.2, 0) is 20.6 Å². The van der Waals surface area contributed by atoms with Crippen LogP contribution >= 0.6 is 0 Å². The SMILES string of the molecule is O=S(C(CC1CC2CCC1C2)S(=O)(=O)C(F)(F)F)C(F)(F)F. The van der Waals surface area contributed by atoms with Crippen LogP contribution in [0.3, 0.4) is 0 Å². The molecule has 2 aliphatic carbocycles. The van der Waals surface area contributed by atoms with Gasteiger partial charge in [0.25, 0.3) is 9.84 Å².